The number of fused-ring (bicyclic) bond motifs is 3. The third kappa shape index (κ3) is 2.77. The number of amides is 2. The van der Waals surface area contributed by atoms with E-state index in [0.717, 1.165) is 23.9 Å². The Morgan fingerprint density at radius 3 is 2.63 bits per heavy atom. The van der Waals surface area contributed by atoms with E-state index in [-0.39, 0.29) is 24.3 Å². The van der Waals surface area contributed by atoms with Gasteiger partial charge in [0.1, 0.15) is 6.04 Å². The first-order valence-electron chi connectivity index (χ1n) is 8.97. The fourth-order valence-electron chi connectivity index (χ4n) is 3.65. The number of imidazole rings is 1. The molecular formula is C20H17ClN4O2. The smallest absolute Gasteiger partial charge is 0.253 e. The number of nitrogens with zero attached hydrogens (tertiary/aromatic N) is 3. The second-order valence-corrected chi connectivity index (χ2v) is 7.42. The normalized spacial score (nSPS) is 18.8. The van der Waals surface area contributed by atoms with Crippen LogP contribution in [-0.2, 0) is 9.59 Å². The molecule has 1 aliphatic heterocycles. The third-order valence-corrected chi connectivity index (χ3v) is 5.30. The van der Waals surface area contributed by atoms with Crippen molar-refractivity contribution in [3.05, 3.63) is 53.6 Å². The molecule has 1 fully saturated rings. The molecule has 2 aromatic carbocycles. The average Bonchev–Trinajstić information content (AvgIpc) is 3.36. The molecule has 1 aromatic heterocycles. The zero-order chi connectivity index (χ0) is 18.5. The second-order valence-electron chi connectivity index (χ2n) is 6.98. The van der Waals surface area contributed by atoms with Gasteiger partial charge in [0, 0.05) is 16.8 Å². The lowest BCUT2D eigenvalue weighted by atomic mass is 10.1. The lowest BCUT2D eigenvalue weighted by Crippen LogP contribution is -2.33. The van der Waals surface area contributed by atoms with Crippen LogP contribution in [0.2, 0.25) is 5.02 Å². The van der Waals surface area contributed by atoms with Crippen molar-refractivity contribution in [1.82, 2.24) is 9.55 Å². The molecule has 5 rings (SSSR count). The topological polar surface area (TPSA) is 67.2 Å². The first-order valence-corrected chi connectivity index (χ1v) is 9.35. The lowest BCUT2D eigenvalue weighted by Gasteiger charge is -2.15. The summed E-state index contributed by atoms with van der Waals surface area (Å²) in [4.78, 5) is 32.1. The minimum atomic E-state index is -0.569. The van der Waals surface area contributed by atoms with Crippen molar-refractivity contribution in [3.63, 3.8) is 0 Å². The average molecular weight is 381 g/mol. The van der Waals surface area contributed by atoms with Crippen LogP contribution in [0.25, 0.3) is 11.0 Å². The van der Waals surface area contributed by atoms with Crippen molar-refractivity contribution in [2.24, 2.45) is 0 Å². The van der Waals surface area contributed by atoms with Gasteiger partial charge in [-0.25, -0.2) is 4.98 Å². The molecule has 1 saturated carbocycles. The highest BCUT2D eigenvalue weighted by Gasteiger charge is 2.47. The summed E-state index contributed by atoms with van der Waals surface area (Å²) in [7, 11) is 0. The zero-order valence-corrected chi connectivity index (χ0v) is 15.2. The Bertz CT molecular complexity index is 1060. The highest BCUT2D eigenvalue weighted by molar-refractivity contribution is 6.30. The molecule has 0 unspecified atom stereocenters. The summed E-state index contributed by atoms with van der Waals surface area (Å²) >= 11 is 5.88. The molecule has 2 aliphatic rings. The van der Waals surface area contributed by atoms with E-state index in [1.807, 2.05) is 28.8 Å². The van der Waals surface area contributed by atoms with Gasteiger partial charge in [-0.15, -0.1) is 0 Å². The zero-order valence-electron chi connectivity index (χ0n) is 14.4. The first-order chi connectivity index (χ1) is 13.1. The summed E-state index contributed by atoms with van der Waals surface area (Å²) in [5.74, 6) is 0.405. The van der Waals surface area contributed by atoms with Gasteiger partial charge in [-0.05, 0) is 49.2 Å². The molecule has 1 N–H and O–H groups in total. The molecule has 1 atom stereocenters. The summed E-state index contributed by atoms with van der Waals surface area (Å²) < 4.78 is 1.91. The Morgan fingerprint density at radius 1 is 1.15 bits per heavy atom. The quantitative estimate of drug-likeness (QED) is 0.749. The second kappa shape index (κ2) is 6.09. The van der Waals surface area contributed by atoms with Crippen molar-refractivity contribution in [1.29, 1.82) is 0 Å². The van der Waals surface area contributed by atoms with Crippen LogP contribution in [-0.4, -0.2) is 27.4 Å². The van der Waals surface area contributed by atoms with Crippen LogP contribution < -0.4 is 10.2 Å². The summed E-state index contributed by atoms with van der Waals surface area (Å²) in [6, 6.07) is 14.3. The fourth-order valence-corrected chi connectivity index (χ4v) is 3.78. The van der Waals surface area contributed by atoms with Gasteiger partial charge in [-0.3, -0.25) is 19.1 Å². The summed E-state index contributed by atoms with van der Waals surface area (Å²) in [5.41, 5.74) is 2.38. The van der Waals surface area contributed by atoms with Gasteiger partial charge >= 0.3 is 0 Å². The molecule has 1 aliphatic carbocycles. The standard InChI is InChI=1S/C20H17ClN4O2/c21-12-5-7-13(8-6-12)22-18(26)11-17-19(27)24(14-9-10-14)20-23-15-3-1-2-4-16(15)25(17)20/h1-8,14,17H,9-11H2,(H,22,26)/t17-/m1/s1. The van der Waals surface area contributed by atoms with Crippen LogP contribution in [0.1, 0.15) is 25.3 Å². The molecular weight excluding hydrogens is 364 g/mol. The lowest BCUT2D eigenvalue weighted by molar-refractivity contribution is -0.124. The van der Waals surface area contributed by atoms with Crippen molar-refractivity contribution >= 4 is 46.1 Å². The van der Waals surface area contributed by atoms with Gasteiger partial charge < -0.3 is 5.32 Å². The molecule has 0 radical (unpaired) electrons. The van der Waals surface area contributed by atoms with Crippen LogP contribution >= 0.6 is 11.6 Å². The van der Waals surface area contributed by atoms with Crippen molar-refractivity contribution in [2.75, 3.05) is 10.2 Å². The summed E-state index contributed by atoms with van der Waals surface area (Å²) in [6.45, 7) is 0. The molecule has 0 spiro atoms. The maximum Gasteiger partial charge on any atom is 0.253 e. The molecule has 6 nitrogen and oxygen atoms in total. The molecule has 7 heteroatoms. The highest BCUT2D eigenvalue weighted by atomic mass is 35.5. The van der Waals surface area contributed by atoms with Gasteiger partial charge in [0.15, 0.2) is 0 Å². The van der Waals surface area contributed by atoms with Crippen molar-refractivity contribution < 1.29 is 9.59 Å². The van der Waals surface area contributed by atoms with E-state index in [1.54, 1.807) is 29.2 Å². The fraction of sp³-hybridized carbons (Fsp3) is 0.250. The maximum atomic E-state index is 13.0. The third-order valence-electron chi connectivity index (χ3n) is 5.05. The van der Waals surface area contributed by atoms with E-state index in [0.29, 0.717) is 16.7 Å². The molecule has 2 heterocycles. The van der Waals surface area contributed by atoms with Crippen LogP contribution in [0.3, 0.4) is 0 Å². The summed E-state index contributed by atoms with van der Waals surface area (Å²) in [6.07, 6.45) is 2.04. The largest absolute Gasteiger partial charge is 0.326 e. The van der Waals surface area contributed by atoms with E-state index in [4.69, 9.17) is 11.6 Å². The SMILES string of the molecule is O=C(C[C@@H]1C(=O)N(C2CC2)c2nc3ccccc3n21)Nc1ccc(Cl)cc1. The van der Waals surface area contributed by atoms with Gasteiger partial charge in [-0.1, -0.05) is 23.7 Å². The van der Waals surface area contributed by atoms with Gasteiger partial charge in [0.2, 0.25) is 11.9 Å². The van der Waals surface area contributed by atoms with E-state index in [1.165, 1.54) is 0 Å². The van der Waals surface area contributed by atoms with E-state index in [9.17, 15) is 9.59 Å². The number of halogens is 1. The number of carbonyl (C=O) groups is 2. The van der Waals surface area contributed by atoms with Gasteiger partial charge in [0.05, 0.1) is 17.5 Å². The van der Waals surface area contributed by atoms with Gasteiger partial charge in [-0.2, -0.15) is 0 Å². The number of para-hydroxylation sites is 2. The highest BCUT2D eigenvalue weighted by Crippen LogP contribution is 2.42. The van der Waals surface area contributed by atoms with Crippen LogP contribution in [0.5, 0.6) is 0 Å². The van der Waals surface area contributed by atoms with E-state index in [2.05, 4.69) is 10.3 Å². The molecule has 3 aromatic rings. The van der Waals surface area contributed by atoms with Gasteiger partial charge in [0.25, 0.3) is 5.91 Å². The number of nitrogens with one attached hydrogen (secondary N) is 1. The predicted molar refractivity (Wildman–Crippen MR) is 104 cm³/mol. The molecule has 0 bridgehead atoms. The van der Waals surface area contributed by atoms with E-state index < -0.39 is 6.04 Å². The Hall–Kier alpha value is -2.86. The van der Waals surface area contributed by atoms with Crippen LogP contribution in [0.4, 0.5) is 11.6 Å². The maximum absolute atomic E-state index is 13.0. The number of aromatic nitrogens is 2. The van der Waals surface area contributed by atoms with Crippen molar-refractivity contribution in [2.45, 2.75) is 31.3 Å². The number of anilines is 2. The van der Waals surface area contributed by atoms with Crippen molar-refractivity contribution in [3.8, 4) is 0 Å². The monoisotopic (exact) mass is 380 g/mol. The Morgan fingerprint density at radius 2 is 1.89 bits per heavy atom. The Kier molecular flexibility index (Phi) is 3.68. The minimum absolute atomic E-state index is 0.0444. The number of hydrogen-bond donors (Lipinski definition) is 1. The number of carbonyl (C=O) groups excluding carboxylic acids is 2. The molecule has 136 valence electrons. The molecule has 27 heavy (non-hydrogen) atoms. The van der Waals surface area contributed by atoms with E-state index >= 15 is 0 Å². The number of hydrogen-bond acceptors (Lipinski definition) is 3. The Labute approximate surface area is 160 Å². The van der Waals surface area contributed by atoms with Crippen LogP contribution in [0, 0.1) is 0 Å². The predicted octanol–water partition coefficient (Wildman–Crippen LogP) is 3.77. The van der Waals surface area contributed by atoms with Crippen LogP contribution in [0.15, 0.2) is 48.5 Å². The minimum Gasteiger partial charge on any atom is -0.326 e. The first kappa shape index (κ1) is 16.3. The Balaban J connectivity index is 1.46. The number of benzene rings is 2. The summed E-state index contributed by atoms with van der Waals surface area (Å²) in [5, 5.41) is 3.45. The number of rotatable bonds is 4. The molecule has 2 amide bonds. The molecule has 0 saturated heterocycles.